The molecule has 4 heteroatoms. The maximum Gasteiger partial charge on any atom is 0.166 e. The lowest BCUT2D eigenvalue weighted by Gasteiger charge is -2.50. The van der Waals surface area contributed by atoms with Crippen LogP contribution in [0, 0.1) is 11.8 Å². The summed E-state index contributed by atoms with van der Waals surface area (Å²) in [5.74, 6) is 1.91. The summed E-state index contributed by atoms with van der Waals surface area (Å²) in [6.07, 6.45) is 10.8. The number of nitrogens with one attached hydrogen (secondary N) is 2. The molecule has 3 aliphatic heterocycles. The van der Waals surface area contributed by atoms with Crippen molar-refractivity contribution >= 4 is 17.3 Å². The lowest BCUT2D eigenvalue weighted by molar-refractivity contribution is 0.00203. The molecular weight excluding hydrogens is 278 g/mol. The zero-order valence-electron chi connectivity index (χ0n) is 13.4. The third-order valence-corrected chi connectivity index (χ3v) is 6.24. The van der Waals surface area contributed by atoms with Gasteiger partial charge in [0, 0.05) is 25.2 Å². The molecule has 0 aromatic heterocycles. The summed E-state index contributed by atoms with van der Waals surface area (Å²) < 4.78 is 0. The van der Waals surface area contributed by atoms with Gasteiger partial charge in [0.15, 0.2) is 5.11 Å². The normalized spacial score (nSPS) is 36.4. The van der Waals surface area contributed by atoms with Crippen LogP contribution in [0.25, 0.3) is 0 Å². The Morgan fingerprint density at radius 3 is 2.67 bits per heavy atom. The predicted octanol–water partition coefficient (Wildman–Crippen LogP) is 2.90. The van der Waals surface area contributed by atoms with Crippen molar-refractivity contribution in [2.45, 2.75) is 70.4 Å². The standard InChI is InChI=1S/C17H31N3S/c1-2-13-12-20-9-8-14(13)10-16(20)11-18-17(21)19-15-6-4-3-5-7-15/h13-16H,2-12H2,1H3,(H2,18,19,21)/t13-,14+,16+/m0/s1. The molecule has 0 spiro atoms. The van der Waals surface area contributed by atoms with Gasteiger partial charge in [-0.05, 0) is 56.3 Å². The fraction of sp³-hybridized carbons (Fsp3) is 0.941. The topological polar surface area (TPSA) is 27.3 Å². The van der Waals surface area contributed by atoms with E-state index in [0.29, 0.717) is 12.1 Å². The van der Waals surface area contributed by atoms with Crippen LogP contribution < -0.4 is 10.6 Å². The quantitative estimate of drug-likeness (QED) is 0.781. The van der Waals surface area contributed by atoms with E-state index in [0.717, 1.165) is 23.5 Å². The Bertz CT molecular complexity index is 354. The minimum Gasteiger partial charge on any atom is -0.361 e. The average molecular weight is 310 g/mol. The summed E-state index contributed by atoms with van der Waals surface area (Å²) in [5, 5.41) is 7.91. The molecule has 4 aliphatic rings. The van der Waals surface area contributed by atoms with Gasteiger partial charge in [-0.1, -0.05) is 32.6 Å². The predicted molar refractivity (Wildman–Crippen MR) is 92.5 cm³/mol. The molecule has 1 unspecified atom stereocenters. The van der Waals surface area contributed by atoms with Crippen LogP contribution in [0.4, 0.5) is 0 Å². The van der Waals surface area contributed by atoms with Gasteiger partial charge in [0.25, 0.3) is 0 Å². The van der Waals surface area contributed by atoms with Crippen LogP contribution in [0.1, 0.15) is 58.3 Å². The SMILES string of the molecule is CC[C@H]1CN2CC[C@@H]1C[C@@H]2CNC(=S)NC1CCCCC1. The second-order valence-corrected chi connectivity index (χ2v) is 7.70. The van der Waals surface area contributed by atoms with Crippen molar-refractivity contribution in [2.24, 2.45) is 11.8 Å². The van der Waals surface area contributed by atoms with Crippen LogP contribution in [0.15, 0.2) is 0 Å². The molecule has 0 amide bonds. The Labute approximate surface area is 135 Å². The van der Waals surface area contributed by atoms with Crippen LogP contribution >= 0.6 is 12.2 Å². The summed E-state index contributed by atoms with van der Waals surface area (Å²) in [7, 11) is 0. The Hall–Kier alpha value is -0.350. The molecule has 0 radical (unpaired) electrons. The lowest BCUT2D eigenvalue weighted by Crippen LogP contribution is -2.57. The first-order valence-corrected chi connectivity index (χ1v) is 9.45. The molecule has 3 saturated heterocycles. The molecule has 0 aromatic carbocycles. The van der Waals surface area contributed by atoms with Crippen LogP contribution in [0.2, 0.25) is 0 Å². The number of fused-ring (bicyclic) bond motifs is 3. The zero-order chi connectivity index (χ0) is 14.7. The molecule has 4 rings (SSSR count). The molecule has 3 nitrogen and oxygen atoms in total. The minimum absolute atomic E-state index is 0.617. The number of piperidine rings is 3. The van der Waals surface area contributed by atoms with Crippen LogP contribution in [0.3, 0.4) is 0 Å². The van der Waals surface area contributed by atoms with Crippen molar-refractivity contribution in [3.8, 4) is 0 Å². The highest BCUT2D eigenvalue weighted by Crippen LogP contribution is 2.37. The molecular formula is C17H31N3S. The molecule has 3 heterocycles. The largest absolute Gasteiger partial charge is 0.361 e. The van der Waals surface area contributed by atoms with E-state index in [1.807, 2.05) is 0 Å². The Kier molecular flexibility index (Phi) is 5.38. The van der Waals surface area contributed by atoms with Crippen LogP contribution in [-0.4, -0.2) is 41.7 Å². The van der Waals surface area contributed by atoms with Gasteiger partial charge in [0.05, 0.1) is 0 Å². The molecule has 1 saturated carbocycles. The van der Waals surface area contributed by atoms with Crippen LogP contribution in [-0.2, 0) is 0 Å². The van der Waals surface area contributed by atoms with Crippen molar-refractivity contribution in [1.29, 1.82) is 0 Å². The first kappa shape index (κ1) is 15.5. The molecule has 2 N–H and O–H groups in total. The average Bonchev–Trinajstić information content (AvgIpc) is 2.54. The van der Waals surface area contributed by atoms with Gasteiger partial charge >= 0.3 is 0 Å². The van der Waals surface area contributed by atoms with Crippen molar-refractivity contribution in [3.63, 3.8) is 0 Å². The second kappa shape index (κ2) is 7.28. The van der Waals surface area contributed by atoms with E-state index in [9.17, 15) is 0 Å². The number of rotatable bonds is 4. The lowest BCUT2D eigenvalue weighted by atomic mass is 9.74. The molecule has 4 atom stereocenters. The summed E-state index contributed by atoms with van der Waals surface area (Å²) >= 11 is 5.49. The summed E-state index contributed by atoms with van der Waals surface area (Å²) in [5.41, 5.74) is 0. The maximum atomic E-state index is 5.49. The third-order valence-electron chi connectivity index (χ3n) is 5.98. The van der Waals surface area contributed by atoms with Crippen molar-refractivity contribution in [3.05, 3.63) is 0 Å². The first-order valence-electron chi connectivity index (χ1n) is 9.04. The smallest absolute Gasteiger partial charge is 0.166 e. The summed E-state index contributed by atoms with van der Waals surface area (Å²) in [6.45, 7) is 6.00. The summed E-state index contributed by atoms with van der Waals surface area (Å²) in [4.78, 5) is 2.70. The summed E-state index contributed by atoms with van der Waals surface area (Å²) in [6, 6.07) is 1.32. The molecule has 0 aromatic rings. The highest BCUT2D eigenvalue weighted by atomic mass is 32.1. The van der Waals surface area contributed by atoms with E-state index in [4.69, 9.17) is 12.2 Å². The van der Waals surface area contributed by atoms with E-state index < -0.39 is 0 Å². The number of thiocarbonyl (C=S) groups is 1. The highest BCUT2D eigenvalue weighted by Gasteiger charge is 2.38. The molecule has 2 bridgehead atoms. The Morgan fingerprint density at radius 2 is 2.00 bits per heavy atom. The van der Waals surface area contributed by atoms with Gasteiger partial charge in [-0.15, -0.1) is 0 Å². The molecule has 1 aliphatic carbocycles. The first-order chi connectivity index (χ1) is 10.3. The van der Waals surface area contributed by atoms with Gasteiger partial charge in [-0.3, -0.25) is 4.90 Å². The van der Waals surface area contributed by atoms with E-state index in [2.05, 4.69) is 22.5 Å². The van der Waals surface area contributed by atoms with Gasteiger partial charge in [-0.2, -0.15) is 0 Å². The molecule has 4 fully saturated rings. The monoisotopic (exact) mass is 309 g/mol. The van der Waals surface area contributed by atoms with Crippen LogP contribution in [0.5, 0.6) is 0 Å². The minimum atomic E-state index is 0.617. The van der Waals surface area contributed by atoms with Gasteiger partial charge in [-0.25, -0.2) is 0 Å². The van der Waals surface area contributed by atoms with Crippen molar-refractivity contribution < 1.29 is 0 Å². The number of nitrogens with zero attached hydrogens (tertiary/aromatic N) is 1. The van der Waals surface area contributed by atoms with E-state index >= 15 is 0 Å². The molecule has 120 valence electrons. The van der Waals surface area contributed by atoms with Gasteiger partial charge in [0.1, 0.15) is 0 Å². The van der Waals surface area contributed by atoms with E-state index in [1.165, 1.54) is 64.5 Å². The van der Waals surface area contributed by atoms with Gasteiger partial charge in [0.2, 0.25) is 0 Å². The third kappa shape index (κ3) is 3.89. The zero-order valence-corrected chi connectivity index (χ0v) is 14.3. The Morgan fingerprint density at radius 1 is 1.19 bits per heavy atom. The number of hydrogen-bond donors (Lipinski definition) is 2. The maximum absolute atomic E-state index is 5.49. The number of hydrogen-bond acceptors (Lipinski definition) is 2. The van der Waals surface area contributed by atoms with E-state index in [1.54, 1.807) is 0 Å². The fourth-order valence-electron chi connectivity index (χ4n) is 4.62. The van der Waals surface area contributed by atoms with Crippen molar-refractivity contribution in [1.82, 2.24) is 15.5 Å². The van der Waals surface area contributed by atoms with Gasteiger partial charge < -0.3 is 10.6 Å². The highest BCUT2D eigenvalue weighted by molar-refractivity contribution is 7.80. The Balaban J connectivity index is 1.40. The van der Waals surface area contributed by atoms with E-state index in [-0.39, 0.29) is 0 Å². The second-order valence-electron chi connectivity index (χ2n) is 7.29. The molecule has 21 heavy (non-hydrogen) atoms. The van der Waals surface area contributed by atoms with Crippen molar-refractivity contribution in [2.75, 3.05) is 19.6 Å². The fourth-order valence-corrected chi connectivity index (χ4v) is 4.87.